The normalized spacial score (nSPS) is 16.9. The summed E-state index contributed by atoms with van der Waals surface area (Å²) in [6.45, 7) is 5.74. The van der Waals surface area contributed by atoms with Crippen molar-refractivity contribution in [2.45, 2.75) is 83.5 Å². The molecule has 2 N–H and O–H groups in total. The molecule has 238 valence electrons. The van der Waals surface area contributed by atoms with Gasteiger partial charge in [-0.1, -0.05) is 54.9 Å². The van der Waals surface area contributed by atoms with Crippen LogP contribution in [0.15, 0.2) is 62.9 Å². The monoisotopic (exact) mass is 656 g/mol. The molecule has 13 heteroatoms. The van der Waals surface area contributed by atoms with Gasteiger partial charge < -0.3 is 9.84 Å². The molecule has 46 heavy (non-hydrogen) atoms. The summed E-state index contributed by atoms with van der Waals surface area (Å²) in [4.78, 5) is 32.8. The summed E-state index contributed by atoms with van der Waals surface area (Å²) in [7, 11) is 0. The van der Waals surface area contributed by atoms with E-state index in [2.05, 4.69) is 24.7 Å². The molecule has 1 saturated carbocycles. The Hall–Kier alpha value is -2.78. The zero-order chi connectivity index (χ0) is 31.7. The molecular weight excluding hydrogens is 618 g/mol. The third-order valence-corrected chi connectivity index (χ3v) is 8.32. The fraction of sp³-hybridized carbons (Fsp3) is 0.424. The first kappa shape index (κ1) is 34.5. The van der Waals surface area contributed by atoms with Crippen LogP contribution >= 0.6 is 0 Å². The van der Waals surface area contributed by atoms with E-state index in [4.69, 9.17) is 4.74 Å². The third-order valence-electron chi connectivity index (χ3n) is 8.32. The molecule has 1 fully saturated rings. The van der Waals surface area contributed by atoms with E-state index in [1.807, 2.05) is 13.0 Å². The number of aryl methyl sites for hydroxylation is 1. The Bertz CT molecular complexity index is 1930. The summed E-state index contributed by atoms with van der Waals surface area (Å²) in [5, 5.41) is 18.3. The number of aromatic amines is 1. The second-order valence-corrected chi connectivity index (χ2v) is 12.4. The standard InChI is InChI=1S/C33H37FN6O5.K.H/c1-4-7-28-26(16-20-10-15-24(27(34)17-20)23-8-5-6-9-25(23)29-37-32(42)45-38-29)30(41)39(31-35-19-36-40(28)31)21-11-13-22(14-12-21)44-18-33(2,3)43;;/h5-6,8-10,15,17,19,21-22,43H,4,7,11-14,16,18H2,1-3H3,(H,37,38,42);;. The molecule has 0 unspecified atom stereocenters. The Morgan fingerprint density at radius 1 is 1.09 bits per heavy atom. The molecule has 0 spiro atoms. The van der Waals surface area contributed by atoms with E-state index in [0.717, 1.165) is 37.8 Å². The number of nitrogens with one attached hydrogen (secondary N) is 1. The van der Waals surface area contributed by atoms with Gasteiger partial charge >= 0.3 is 57.1 Å². The second-order valence-electron chi connectivity index (χ2n) is 12.4. The number of nitrogens with zero attached hydrogens (tertiary/aromatic N) is 5. The maximum atomic E-state index is 15.8. The fourth-order valence-electron chi connectivity index (χ4n) is 6.23. The minimum absolute atomic E-state index is 0. The second kappa shape index (κ2) is 14.5. The van der Waals surface area contributed by atoms with Crippen LogP contribution in [0.2, 0.25) is 0 Å². The van der Waals surface area contributed by atoms with E-state index in [-0.39, 0.29) is 87.9 Å². The van der Waals surface area contributed by atoms with Gasteiger partial charge in [0.25, 0.3) is 5.56 Å². The Balaban J connectivity index is 0.00000417. The molecule has 0 radical (unpaired) electrons. The summed E-state index contributed by atoms with van der Waals surface area (Å²) in [6, 6.07) is 11.9. The zero-order valence-corrected chi connectivity index (χ0v) is 25.6. The van der Waals surface area contributed by atoms with Crippen molar-refractivity contribution in [3.63, 3.8) is 0 Å². The number of benzene rings is 2. The summed E-state index contributed by atoms with van der Waals surface area (Å²) >= 11 is 0. The van der Waals surface area contributed by atoms with Gasteiger partial charge in [0.1, 0.15) is 12.1 Å². The van der Waals surface area contributed by atoms with Crippen LogP contribution in [-0.4, -0.2) is 104 Å². The van der Waals surface area contributed by atoms with Crippen molar-refractivity contribution in [2.75, 3.05) is 6.61 Å². The van der Waals surface area contributed by atoms with Gasteiger partial charge in [-0.15, -0.1) is 0 Å². The molecule has 0 bridgehead atoms. The number of aliphatic hydroxyl groups is 1. The Morgan fingerprint density at radius 2 is 1.83 bits per heavy atom. The van der Waals surface area contributed by atoms with Gasteiger partial charge in [0.15, 0.2) is 5.82 Å². The first-order chi connectivity index (χ1) is 21.6. The minimum atomic E-state index is -0.899. The van der Waals surface area contributed by atoms with Crippen molar-refractivity contribution in [1.29, 1.82) is 0 Å². The van der Waals surface area contributed by atoms with Crippen LogP contribution < -0.4 is 11.3 Å². The SMILES string of the molecule is CCCc1c(Cc2ccc(-c3ccccc3-c3noc(=O)[nH]3)c(F)c2)c(=O)n(C2CCC(OCC(C)(C)O)CC2)c2ncnn12.[KH]. The molecule has 5 aromatic rings. The van der Waals surface area contributed by atoms with Crippen LogP contribution in [-0.2, 0) is 17.6 Å². The summed E-state index contributed by atoms with van der Waals surface area (Å²) in [5.74, 6) is -0.435. The van der Waals surface area contributed by atoms with Crippen molar-refractivity contribution in [3.05, 3.63) is 92.3 Å². The molecule has 11 nitrogen and oxygen atoms in total. The summed E-state index contributed by atoms with van der Waals surface area (Å²) < 4.78 is 29.9. The molecule has 0 saturated heterocycles. The number of fused-ring (bicyclic) bond motifs is 1. The number of hydrogen-bond donors (Lipinski definition) is 2. The number of aromatic nitrogens is 6. The van der Waals surface area contributed by atoms with E-state index >= 15 is 4.39 Å². The van der Waals surface area contributed by atoms with Crippen LogP contribution in [0.4, 0.5) is 4.39 Å². The molecule has 6 rings (SSSR count). The van der Waals surface area contributed by atoms with E-state index in [1.165, 1.54) is 12.4 Å². The number of H-pyrrole nitrogens is 1. The topological polar surface area (TPSA) is 141 Å². The molecule has 1 aliphatic carbocycles. The van der Waals surface area contributed by atoms with E-state index in [9.17, 15) is 14.7 Å². The molecule has 3 heterocycles. The van der Waals surface area contributed by atoms with Gasteiger partial charge in [-0.25, -0.2) is 13.7 Å². The average Bonchev–Trinajstić information content (AvgIpc) is 3.68. The average molecular weight is 657 g/mol. The number of ether oxygens (including phenoxy) is 1. The first-order valence-corrected chi connectivity index (χ1v) is 15.4. The molecule has 1 aliphatic rings. The Morgan fingerprint density at radius 3 is 2.48 bits per heavy atom. The van der Waals surface area contributed by atoms with Crippen molar-refractivity contribution >= 4 is 57.2 Å². The van der Waals surface area contributed by atoms with Crippen LogP contribution in [0.5, 0.6) is 0 Å². The molecule has 2 aromatic carbocycles. The molecule has 3 aromatic heterocycles. The Labute approximate surface area is 307 Å². The molecular formula is C33H38FKN6O5. The van der Waals surface area contributed by atoms with Crippen molar-refractivity contribution in [3.8, 4) is 22.5 Å². The Kier molecular flexibility index (Phi) is 10.9. The molecule has 0 aliphatic heterocycles. The van der Waals surface area contributed by atoms with Crippen LogP contribution in [0.1, 0.15) is 75.7 Å². The first-order valence-electron chi connectivity index (χ1n) is 15.4. The van der Waals surface area contributed by atoms with Crippen molar-refractivity contribution in [2.24, 2.45) is 0 Å². The van der Waals surface area contributed by atoms with Gasteiger partial charge in [-0.2, -0.15) is 10.1 Å². The van der Waals surface area contributed by atoms with Gasteiger partial charge in [0.05, 0.1) is 24.0 Å². The van der Waals surface area contributed by atoms with Crippen molar-refractivity contribution in [1.82, 2.24) is 29.3 Å². The predicted octanol–water partition coefficient (Wildman–Crippen LogP) is 4.21. The maximum absolute atomic E-state index is 15.8. The van der Waals surface area contributed by atoms with Crippen molar-refractivity contribution < 1.29 is 18.8 Å². The molecule has 0 atom stereocenters. The van der Waals surface area contributed by atoms with E-state index in [1.54, 1.807) is 53.3 Å². The molecule has 0 amide bonds. The zero-order valence-electron chi connectivity index (χ0n) is 25.6. The summed E-state index contributed by atoms with van der Waals surface area (Å²) in [5.41, 5.74) is 2.37. The van der Waals surface area contributed by atoms with Gasteiger partial charge in [-0.3, -0.25) is 18.9 Å². The van der Waals surface area contributed by atoms with E-state index < -0.39 is 17.2 Å². The quantitative estimate of drug-likeness (QED) is 0.213. The number of halogens is 1. The van der Waals surface area contributed by atoms with Crippen LogP contribution in [0, 0.1) is 5.82 Å². The number of rotatable bonds is 10. The van der Waals surface area contributed by atoms with Crippen LogP contribution in [0.25, 0.3) is 28.3 Å². The van der Waals surface area contributed by atoms with Gasteiger partial charge in [0.2, 0.25) is 5.78 Å². The van der Waals surface area contributed by atoms with Gasteiger partial charge in [-0.05, 0) is 63.1 Å². The number of hydrogen-bond acceptors (Lipinski definition) is 8. The van der Waals surface area contributed by atoms with Gasteiger partial charge in [0, 0.05) is 29.2 Å². The van der Waals surface area contributed by atoms with E-state index in [0.29, 0.717) is 40.0 Å². The third kappa shape index (κ3) is 7.35. The summed E-state index contributed by atoms with van der Waals surface area (Å²) in [6.07, 6.45) is 6.11. The predicted molar refractivity (Wildman–Crippen MR) is 173 cm³/mol. The van der Waals surface area contributed by atoms with Crippen LogP contribution in [0.3, 0.4) is 0 Å². The fourth-order valence-corrected chi connectivity index (χ4v) is 6.23.